The van der Waals surface area contributed by atoms with Crippen LogP contribution >= 0.6 is 0 Å². The maximum atomic E-state index is 9.16. The standard InChI is InChI=1S/C14H15NO2/c1-10-3-2-4-13(14(10)15)17-9-11-5-7-12(16)8-6-11/h2-8,16H,9,15H2,1H3. The topological polar surface area (TPSA) is 55.5 Å². The highest BCUT2D eigenvalue weighted by Crippen LogP contribution is 2.25. The molecule has 0 aliphatic rings. The minimum absolute atomic E-state index is 0.254. The fraction of sp³-hybridized carbons (Fsp3) is 0.143. The van der Waals surface area contributed by atoms with Crippen LogP contribution in [0.4, 0.5) is 5.69 Å². The number of phenols is 1. The summed E-state index contributed by atoms with van der Waals surface area (Å²) in [7, 11) is 0. The van der Waals surface area contributed by atoms with Crippen molar-refractivity contribution < 1.29 is 9.84 Å². The van der Waals surface area contributed by atoms with E-state index in [4.69, 9.17) is 15.6 Å². The van der Waals surface area contributed by atoms with Crippen molar-refractivity contribution in [1.29, 1.82) is 0 Å². The van der Waals surface area contributed by atoms with E-state index in [9.17, 15) is 0 Å². The predicted octanol–water partition coefficient (Wildman–Crippen LogP) is 2.86. The maximum Gasteiger partial charge on any atom is 0.142 e. The van der Waals surface area contributed by atoms with Gasteiger partial charge in [0.15, 0.2) is 0 Å². The number of anilines is 1. The lowest BCUT2D eigenvalue weighted by atomic mass is 10.2. The van der Waals surface area contributed by atoms with Crippen LogP contribution in [0.2, 0.25) is 0 Å². The highest BCUT2D eigenvalue weighted by atomic mass is 16.5. The lowest BCUT2D eigenvalue weighted by Crippen LogP contribution is -1.99. The summed E-state index contributed by atoms with van der Waals surface area (Å²) in [6, 6.07) is 12.6. The minimum Gasteiger partial charge on any atom is -0.508 e. The third kappa shape index (κ3) is 2.69. The minimum atomic E-state index is 0.254. The van der Waals surface area contributed by atoms with Crippen LogP contribution in [0.3, 0.4) is 0 Å². The molecule has 0 aliphatic heterocycles. The highest BCUT2D eigenvalue weighted by molar-refractivity contribution is 5.57. The molecule has 2 rings (SSSR count). The van der Waals surface area contributed by atoms with Gasteiger partial charge in [0.1, 0.15) is 18.1 Å². The molecule has 0 aliphatic carbocycles. The molecule has 2 aromatic rings. The zero-order valence-corrected chi connectivity index (χ0v) is 9.68. The van der Waals surface area contributed by atoms with Gasteiger partial charge in [0, 0.05) is 0 Å². The highest BCUT2D eigenvalue weighted by Gasteiger charge is 2.02. The first-order valence-electron chi connectivity index (χ1n) is 5.42. The van der Waals surface area contributed by atoms with Crippen LogP contribution < -0.4 is 10.5 Å². The summed E-state index contributed by atoms with van der Waals surface area (Å²) in [4.78, 5) is 0. The van der Waals surface area contributed by atoms with Crippen LogP contribution in [0.5, 0.6) is 11.5 Å². The van der Waals surface area contributed by atoms with Crippen molar-refractivity contribution in [2.75, 3.05) is 5.73 Å². The molecule has 17 heavy (non-hydrogen) atoms. The number of ether oxygens (including phenoxy) is 1. The fourth-order valence-corrected chi connectivity index (χ4v) is 1.53. The second-order valence-electron chi connectivity index (χ2n) is 3.94. The summed E-state index contributed by atoms with van der Waals surface area (Å²) >= 11 is 0. The van der Waals surface area contributed by atoms with Crippen LogP contribution in [-0.4, -0.2) is 5.11 Å². The van der Waals surface area contributed by atoms with Crippen molar-refractivity contribution in [3.63, 3.8) is 0 Å². The SMILES string of the molecule is Cc1cccc(OCc2ccc(O)cc2)c1N. The van der Waals surface area contributed by atoms with E-state index in [0.29, 0.717) is 18.0 Å². The molecular formula is C14H15NO2. The summed E-state index contributed by atoms with van der Waals surface area (Å²) in [5.41, 5.74) is 8.58. The summed E-state index contributed by atoms with van der Waals surface area (Å²) in [6.45, 7) is 2.39. The van der Waals surface area contributed by atoms with Gasteiger partial charge in [0.25, 0.3) is 0 Å². The number of hydrogen-bond donors (Lipinski definition) is 2. The van der Waals surface area contributed by atoms with Crippen LogP contribution in [0.15, 0.2) is 42.5 Å². The first-order valence-corrected chi connectivity index (χ1v) is 5.42. The molecule has 0 unspecified atom stereocenters. The molecule has 2 aromatic carbocycles. The Morgan fingerprint density at radius 3 is 2.53 bits per heavy atom. The molecule has 0 atom stereocenters. The van der Waals surface area contributed by atoms with Crippen LogP contribution in [-0.2, 0) is 6.61 Å². The molecule has 3 N–H and O–H groups in total. The third-order valence-corrected chi connectivity index (χ3v) is 2.61. The van der Waals surface area contributed by atoms with Crippen LogP contribution in [0.25, 0.3) is 0 Å². The second-order valence-corrected chi connectivity index (χ2v) is 3.94. The Hall–Kier alpha value is -2.16. The number of rotatable bonds is 3. The molecule has 3 nitrogen and oxygen atoms in total. The van der Waals surface area contributed by atoms with Crippen molar-refractivity contribution in [3.05, 3.63) is 53.6 Å². The number of aromatic hydroxyl groups is 1. The van der Waals surface area contributed by atoms with E-state index in [-0.39, 0.29) is 5.75 Å². The van der Waals surface area contributed by atoms with Gasteiger partial charge in [-0.1, -0.05) is 24.3 Å². The quantitative estimate of drug-likeness (QED) is 0.796. The van der Waals surface area contributed by atoms with Crippen molar-refractivity contribution >= 4 is 5.69 Å². The Balaban J connectivity index is 2.07. The Morgan fingerprint density at radius 2 is 1.82 bits per heavy atom. The number of aryl methyl sites for hydroxylation is 1. The molecular weight excluding hydrogens is 214 g/mol. The van der Waals surface area contributed by atoms with Crippen LogP contribution in [0, 0.1) is 6.92 Å². The fourth-order valence-electron chi connectivity index (χ4n) is 1.53. The Bertz CT molecular complexity index is 506. The molecule has 0 amide bonds. The lowest BCUT2D eigenvalue weighted by molar-refractivity contribution is 0.307. The second kappa shape index (κ2) is 4.78. The lowest BCUT2D eigenvalue weighted by Gasteiger charge is -2.10. The maximum absolute atomic E-state index is 9.16. The van der Waals surface area contributed by atoms with E-state index in [1.165, 1.54) is 0 Å². The van der Waals surface area contributed by atoms with Gasteiger partial charge in [-0.05, 0) is 36.2 Å². The van der Waals surface area contributed by atoms with E-state index in [1.807, 2.05) is 37.3 Å². The van der Waals surface area contributed by atoms with Gasteiger partial charge in [-0.15, -0.1) is 0 Å². The molecule has 0 heterocycles. The Kier molecular flexibility index (Phi) is 3.19. The van der Waals surface area contributed by atoms with Crippen molar-refractivity contribution in [1.82, 2.24) is 0 Å². The van der Waals surface area contributed by atoms with Crippen LogP contribution in [0.1, 0.15) is 11.1 Å². The molecule has 88 valence electrons. The molecule has 0 spiro atoms. The first-order chi connectivity index (χ1) is 8.16. The summed E-state index contributed by atoms with van der Waals surface area (Å²) in [6.07, 6.45) is 0. The first kappa shape index (κ1) is 11.3. The van der Waals surface area contributed by atoms with E-state index < -0.39 is 0 Å². The van der Waals surface area contributed by atoms with E-state index in [0.717, 1.165) is 11.1 Å². The Morgan fingerprint density at radius 1 is 1.12 bits per heavy atom. The Labute approximate surface area is 100 Å². The molecule has 0 saturated carbocycles. The molecule has 0 fully saturated rings. The van der Waals surface area contributed by atoms with Gasteiger partial charge in [0.2, 0.25) is 0 Å². The molecule has 0 aromatic heterocycles. The zero-order chi connectivity index (χ0) is 12.3. The number of hydrogen-bond acceptors (Lipinski definition) is 3. The van der Waals surface area contributed by atoms with E-state index in [1.54, 1.807) is 12.1 Å². The summed E-state index contributed by atoms with van der Waals surface area (Å²) in [5.74, 6) is 0.946. The number of para-hydroxylation sites is 1. The number of benzene rings is 2. The summed E-state index contributed by atoms with van der Waals surface area (Å²) < 4.78 is 5.64. The monoisotopic (exact) mass is 229 g/mol. The predicted molar refractivity (Wildman–Crippen MR) is 68.0 cm³/mol. The average Bonchev–Trinajstić information content (AvgIpc) is 2.33. The molecule has 0 radical (unpaired) electrons. The van der Waals surface area contributed by atoms with Gasteiger partial charge in [-0.25, -0.2) is 0 Å². The van der Waals surface area contributed by atoms with E-state index >= 15 is 0 Å². The molecule has 0 bridgehead atoms. The largest absolute Gasteiger partial charge is 0.508 e. The van der Waals surface area contributed by atoms with Gasteiger partial charge in [-0.2, -0.15) is 0 Å². The smallest absolute Gasteiger partial charge is 0.142 e. The van der Waals surface area contributed by atoms with Crippen molar-refractivity contribution in [2.45, 2.75) is 13.5 Å². The zero-order valence-electron chi connectivity index (χ0n) is 9.68. The van der Waals surface area contributed by atoms with Gasteiger partial charge < -0.3 is 15.6 Å². The van der Waals surface area contributed by atoms with Crippen molar-refractivity contribution in [2.24, 2.45) is 0 Å². The summed E-state index contributed by atoms with van der Waals surface area (Å²) in [5, 5.41) is 9.16. The van der Waals surface area contributed by atoms with Gasteiger partial charge in [-0.3, -0.25) is 0 Å². The third-order valence-electron chi connectivity index (χ3n) is 2.61. The number of phenolic OH excluding ortho intramolecular Hbond substituents is 1. The number of nitrogens with two attached hydrogens (primary N) is 1. The normalized spacial score (nSPS) is 10.2. The molecule has 3 heteroatoms. The molecule has 0 saturated heterocycles. The van der Waals surface area contributed by atoms with Gasteiger partial charge in [0.05, 0.1) is 5.69 Å². The number of nitrogen functional groups attached to an aromatic ring is 1. The van der Waals surface area contributed by atoms with E-state index in [2.05, 4.69) is 0 Å². The van der Waals surface area contributed by atoms with Gasteiger partial charge >= 0.3 is 0 Å². The van der Waals surface area contributed by atoms with Crippen molar-refractivity contribution in [3.8, 4) is 11.5 Å². The average molecular weight is 229 g/mol.